The van der Waals surface area contributed by atoms with Gasteiger partial charge in [-0.15, -0.1) is 0 Å². The van der Waals surface area contributed by atoms with E-state index in [1.165, 1.54) is 4.31 Å². The van der Waals surface area contributed by atoms with Crippen molar-refractivity contribution < 1.29 is 17.9 Å². The number of hydrogen-bond acceptors (Lipinski definition) is 4. The maximum Gasteiger partial charge on any atom is 0.260 e. The van der Waals surface area contributed by atoms with E-state index in [0.717, 1.165) is 10.8 Å². The summed E-state index contributed by atoms with van der Waals surface area (Å²) < 4.78 is 32.6. The lowest BCUT2D eigenvalue weighted by Gasteiger charge is -2.34. The minimum absolute atomic E-state index is 0.0700. The lowest BCUT2D eigenvalue weighted by Crippen LogP contribution is -2.51. The first-order valence-electron chi connectivity index (χ1n) is 9.49. The van der Waals surface area contributed by atoms with Gasteiger partial charge in [-0.25, -0.2) is 8.42 Å². The van der Waals surface area contributed by atoms with Crippen LogP contribution >= 0.6 is 0 Å². The van der Waals surface area contributed by atoms with Crippen molar-refractivity contribution in [3.05, 3.63) is 72.8 Å². The number of piperazine rings is 1. The summed E-state index contributed by atoms with van der Waals surface area (Å²) in [6, 6.07) is 22.0. The van der Waals surface area contributed by atoms with Crippen LogP contribution in [-0.2, 0) is 14.8 Å². The molecule has 7 heteroatoms. The number of ether oxygens (including phenoxy) is 1. The SMILES string of the molecule is O=C(COc1cccc2ccccc12)N1CCN(S(=O)(=O)c2ccccc2)CC1. The first-order chi connectivity index (χ1) is 14.1. The van der Waals surface area contributed by atoms with Gasteiger partial charge in [0.2, 0.25) is 10.0 Å². The van der Waals surface area contributed by atoms with Crippen molar-refractivity contribution in [1.82, 2.24) is 9.21 Å². The number of carbonyl (C=O) groups is 1. The Morgan fingerprint density at radius 3 is 2.24 bits per heavy atom. The van der Waals surface area contributed by atoms with Crippen molar-refractivity contribution >= 4 is 26.7 Å². The molecule has 1 aliphatic heterocycles. The first-order valence-corrected chi connectivity index (χ1v) is 10.9. The minimum atomic E-state index is -3.53. The van der Waals surface area contributed by atoms with Gasteiger partial charge in [-0.1, -0.05) is 54.6 Å². The highest BCUT2D eigenvalue weighted by Crippen LogP contribution is 2.25. The molecule has 0 atom stereocenters. The number of hydrogen-bond donors (Lipinski definition) is 0. The van der Waals surface area contributed by atoms with Gasteiger partial charge in [-0.2, -0.15) is 4.31 Å². The molecule has 3 aromatic rings. The number of nitrogens with zero attached hydrogens (tertiary/aromatic N) is 2. The molecule has 0 radical (unpaired) electrons. The van der Waals surface area contributed by atoms with Crippen molar-refractivity contribution in [2.24, 2.45) is 0 Å². The second-order valence-electron chi connectivity index (χ2n) is 6.86. The van der Waals surface area contributed by atoms with E-state index in [1.807, 2.05) is 42.5 Å². The van der Waals surface area contributed by atoms with Crippen LogP contribution in [0, 0.1) is 0 Å². The van der Waals surface area contributed by atoms with E-state index in [1.54, 1.807) is 35.2 Å². The van der Waals surface area contributed by atoms with Crippen LogP contribution in [0.3, 0.4) is 0 Å². The summed E-state index contributed by atoms with van der Waals surface area (Å²) in [5.74, 6) is 0.524. The normalized spacial score (nSPS) is 15.4. The molecular weight excluding hydrogens is 388 g/mol. The average Bonchev–Trinajstić information content (AvgIpc) is 2.78. The zero-order valence-electron chi connectivity index (χ0n) is 15.9. The molecule has 3 aromatic carbocycles. The number of rotatable bonds is 5. The highest BCUT2D eigenvalue weighted by molar-refractivity contribution is 7.89. The summed E-state index contributed by atoms with van der Waals surface area (Å²) in [5, 5.41) is 2.01. The fraction of sp³-hybridized carbons (Fsp3) is 0.227. The van der Waals surface area contributed by atoms with E-state index in [9.17, 15) is 13.2 Å². The van der Waals surface area contributed by atoms with Gasteiger partial charge in [-0.3, -0.25) is 4.79 Å². The van der Waals surface area contributed by atoms with Crippen molar-refractivity contribution in [2.45, 2.75) is 4.90 Å². The molecule has 29 heavy (non-hydrogen) atoms. The molecule has 0 saturated carbocycles. The molecule has 0 spiro atoms. The number of benzene rings is 3. The zero-order chi connectivity index (χ0) is 20.3. The van der Waals surface area contributed by atoms with E-state index in [0.29, 0.717) is 18.8 Å². The van der Waals surface area contributed by atoms with Crippen molar-refractivity contribution in [1.29, 1.82) is 0 Å². The number of sulfonamides is 1. The van der Waals surface area contributed by atoms with Crippen LogP contribution in [-0.4, -0.2) is 56.3 Å². The van der Waals surface area contributed by atoms with Crippen LogP contribution in [0.2, 0.25) is 0 Å². The molecule has 0 bridgehead atoms. The molecule has 1 fully saturated rings. The largest absolute Gasteiger partial charge is 0.483 e. The van der Waals surface area contributed by atoms with E-state index < -0.39 is 10.0 Å². The zero-order valence-corrected chi connectivity index (χ0v) is 16.7. The van der Waals surface area contributed by atoms with Gasteiger partial charge in [0.05, 0.1) is 4.90 Å². The topological polar surface area (TPSA) is 66.9 Å². The predicted molar refractivity (Wildman–Crippen MR) is 111 cm³/mol. The van der Waals surface area contributed by atoms with Crippen LogP contribution in [0.25, 0.3) is 10.8 Å². The smallest absolute Gasteiger partial charge is 0.260 e. The lowest BCUT2D eigenvalue weighted by atomic mass is 10.1. The fourth-order valence-corrected chi connectivity index (χ4v) is 4.91. The molecule has 1 heterocycles. The van der Waals surface area contributed by atoms with Crippen molar-refractivity contribution in [2.75, 3.05) is 32.8 Å². The first kappa shape index (κ1) is 19.4. The Hall–Kier alpha value is -2.90. The van der Waals surface area contributed by atoms with E-state index >= 15 is 0 Å². The number of amides is 1. The second-order valence-corrected chi connectivity index (χ2v) is 8.80. The summed E-state index contributed by atoms with van der Waals surface area (Å²) in [4.78, 5) is 14.5. The van der Waals surface area contributed by atoms with Gasteiger partial charge in [0.1, 0.15) is 5.75 Å². The maximum absolute atomic E-state index is 12.7. The van der Waals surface area contributed by atoms with E-state index in [-0.39, 0.29) is 30.5 Å². The van der Waals surface area contributed by atoms with Crippen LogP contribution in [0.15, 0.2) is 77.7 Å². The minimum Gasteiger partial charge on any atom is -0.483 e. The van der Waals surface area contributed by atoms with Crippen molar-refractivity contribution in [3.63, 3.8) is 0 Å². The molecule has 6 nitrogen and oxygen atoms in total. The highest BCUT2D eigenvalue weighted by Gasteiger charge is 2.30. The third-order valence-electron chi connectivity index (χ3n) is 5.07. The van der Waals surface area contributed by atoms with Gasteiger partial charge >= 0.3 is 0 Å². The lowest BCUT2D eigenvalue weighted by molar-refractivity contribution is -0.134. The molecule has 1 amide bonds. The highest BCUT2D eigenvalue weighted by atomic mass is 32.2. The summed E-state index contributed by atoms with van der Waals surface area (Å²) >= 11 is 0. The van der Waals surface area contributed by atoms with E-state index in [2.05, 4.69) is 0 Å². The Labute approximate surface area is 170 Å². The summed E-state index contributed by atoms with van der Waals surface area (Å²) in [5.41, 5.74) is 0. The molecule has 0 N–H and O–H groups in total. The van der Waals surface area contributed by atoms with Gasteiger partial charge in [-0.05, 0) is 23.6 Å². The Bertz CT molecular complexity index is 1100. The maximum atomic E-state index is 12.7. The average molecular weight is 410 g/mol. The molecule has 1 aliphatic rings. The fourth-order valence-electron chi connectivity index (χ4n) is 3.47. The molecule has 0 unspecified atom stereocenters. The van der Waals surface area contributed by atoms with Crippen molar-refractivity contribution in [3.8, 4) is 5.75 Å². The number of carbonyl (C=O) groups excluding carboxylic acids is 1. The quantitative estimate of drug-likeness (QED) is 0.649. The van der Waals surface area contributed by atoms with Gasteiger partial charge in [0.15, 0.2) is 6.61 Å². The Balaban J connectivity index is 1.36. The van der Waals surface area contributed by atoms with Crippen LogP contribution in [0.4, 0.5) is 0 Å². The Kier molecular flexibility index (Phi) is 5.51. The molecule has 0 aliphatic carbocycles. The number of fused-ring (bicyclic) bond motifs is 1. The Morgan fingerprint density at radius 1 is 0.828 bits per heavy atom. The molecule has 1 saturated heterocycles. The van der Waals surface area contributed by atoms with E-state index in [4.69, 9.17) is 4.74 Å². The molecular formula is C22H22N2O4S. The third kappa shape index (κ3) is 4.11. The molecule has 4 rings (SSSR count). The Morgan fingerprint density at radius 2 is 1.48 bits per heavy atom. The summed E-state index contributed by atoms with van der Waals surface area (Å²) in [6.45, 7) is 1.18. The monoisotopic (exact) mass is 410 g/mol. The second kappa shape index (κ2) is 8.23. The summed E-state index contributed by atoms with van der Waals surface area (Å²) in [7, 11) is -3.53. The van der Waals surface area contributed by atoms with Gasteiger partial charge in [0.25, 0.3) is 5.91 Å². The standard InChI is InChI=1S/C22H22N2O4S/c25-22(17-28-21-12-6-8-18-7-4-5-11-20(18)21)23-13-15-24(16-14-23)29(26,27)19-9-2-1-3-10-19/h1-12H,13-17H2. The summed E-state index contributed by atoms with van der Waals surface area (Å²) in [6.07, 6.45) is 0. The van der Waals surface area contributed by atoms with Crippen LogP contribution < -0.4 is 4.74 Å². The molecule has 150 valence electrons. The van der Waals surface area contributed by atoms with Gasteiger partial charge < -0.3 is 9.64 Å². The third-order valence-corrected chi connectivity index (χ3v) is 6.99. The van der Waals surface area contributed by atoms with Crippen LogP contribution in [0.5, 0.6) is 5.75 Å². The predicted octanol–water partition coefficient (Wildman–Crippen LogP) is 2.75. The molecule has 0 aromatic heterocycles. The van der Waals surface area contributed by atoms with Crippen LogP contribution in [0.1, 0.15) is 0 Å². The van der Waals surface area contributed by atoms with Gasteiger partial charge in [0, 0.05) is 31.6 Å².